The van der Waals surface area contributed by atoms with Gasteiger partial charge in [-0.1, -0.05) is 32.0 Å². The minimum absolute atomic E-state index is 0.104. The zero-order valence-electron chi connectivity index (χ0n) is 13.9. The number of amides is 1. The first kappa shape index (κ1) is 16.0. The van der Waals surface area contributed by atoms with Crippen LogP contribution in [0.3, 0.4) is 0 Å². The molecule has 0 saturated heterocycles. The molecule has 1 saturated carbocycles. The number of nitrogens with one attached hydrogen (secondary N) is 1. The molecule has 0 atom stereocenters. The van der Waals surface area contributed by atoms with Gasteiger partial charge in [0, 0.05) is 17.8 Å². The van der Waals surface area contributed by atoms with Gasteiger partial charge >= 0.3 is 0 Å². The summed E-state index contributed by atoms with van der Waals surface area (Å²) < 4.78 is 0. The van der Waals surface area contributed by atoms with Crippen LogP contribution in [0.15, 0.2) is 18.2 Å². The van der Waals surface area contributed by atoms with Crippen molar-refractivity contribution in [1.82, 2.24) is 4.90 Å². The van der Waals surface area contributed by atoms with E-state index in [0.717, 1.165) is 11.3 Å². The van der Waals surface area contributed by atoms with Crippen LogP contribution in [0.5, 0.6) is 0 Å². The predicted octanol–water partition coefficient (Wildman–Crippen LogP) is 3.93. The van der Waals surface area contributed by atoms with Gasteiger partial charge < -0.3 is 5.32 Å². The van der Waals surface area contributed by atoms with E-state index in [2.05, 4.69) is 63.0 Å². The fourth-order valence-corrected chi connectivity index (χ4v) is 2.83. The fraction of sp³-hybridized carbons (Fsp3) is 0.611. The van der Waals surface area contributed by atoms with Gasteiger partial charge in [-0.3, -0.25) is 9.69 Å². The minimum atomic E-state index is 0.104. The Hall–Kier alpha value is -1.35. The first-order valence-corrected chi connectivity index (χ1v) is 8.05. The molecular formula is C18H28N2O. The Kier molecular flexibility index (Phi) is 5.04. The maximum atomic E-state index is 12.4. The third kappa shape index (κ3) is 4.07. The summed E-state index contributed by atoms with van der Waals surface area (Å²) >= 11 is 0. The monoisotopic (exact) mass is 288 g/mol. The summed E-state index contributed by atoms with van der Waals surface area (Å²) in [6, 6.07) is 7.25. The molecule has 1 amide bonds. The van der Waals surface area contributed by atoms with Gasteiger partial charge in [0.05, 0.1) is 6.54 Å². The fourth-order valence-electron chi connectivity index (χ4n) is 2.83. The number of rotatable bonds is 6. The lowest BCUT2D eigenvalue weighted by molar-refractivity contribution is -0.117. The molecule has 0 aliphatic heterocycles. The van der Waals surface area contributed by atoms with Crippen LogP contribution in [-0.2, 0) is 4.79 Å². The standard InChI is InChI=1S/C18H28N2O/c1-12(2)16-8-6-7-14(5)18(16)19-17(21)11-20(13(3)4)15-9-10-15/h6-8,12-13,15H,9-11H2,1-5H3,(H,19,21). The lowest BCUT2D eigenvalue weighted by Gasteiger charge is -2.26. The predicted molar refractivity (Wildman–Crippen MR) is 88.8 cm³/mol. The number of anilines is 1. The molecule has 0 bridgehead atoms. The lowest BCUT2D eigenvalue weighted by Crippen LogP contribution is -2.39. The smallest absolute Gasteiger partial charge is 0.238 e. The number of hydrogen-bond donors (Lipinski definition) is 1. The Morgan fingerprint density at radius 1 is 1.29 bits per heavy atom. The summed E-state index contributed by atoms with van der Waals surface area (Å²) in [4.78, 5) is 14.7. The van der Waals surface area contributed by atoms with Crippen molar-refractivity contribution in [3.63, 3.8) is 0 Å². The van der Waals surface area contributed by atoms with Gasteiger partial charge in [0.2, 0.25) is 5.91 Å². The van der Waals surface area contributed by atoms with E-state index in [1.807, 2.05) is 0 Å². The maximum absolute atomic E-state index is 12.4. The molecule has 0 unspecified atom stereocenters. The molecule has 2 rings (SSSR count). The summed E-state index contributed by atoms with van der Waals surface area (Å²) in [5, 5.41) is 3.15. The molecule has 21 heavy (non-hydrogen) atoms. The van der Waals surface area contributed by atoms with Crippen molar-refractivity contribution in [3.05, 3.63) is 29.3 Å². The Morgan fingerprint density at radius 3 is 2.48 bits per heavy atom. The Morgan fingerprint density at radius 2 is 1.95 bits per heavy atom. The molecule has 1 aromatic rings. The van der Waals surface area contributed by atoms with Crippen LogP contribution < -0.4 is 5.32 Å². The van der Waals surface area contributed by atoms with Crippen LogP contribution in [0.1, 0.15) is 57.6 Å². The van der Waals surface area contributed by atoms with Crippen LogP contribution in [0.4, 0.5) is 5.69 Å². The number of aryl methyl sites for hydroxylation is 1. The first-order valence-electron chi connectivity index (χ1n) is 8.05. The molecular weight excluding hydrogens is 260 g/mol. The van der Waals surface area contributed by atoms with E-state index in [1.165, 1.54) is 18.4 Å². The average Bonchev–Trinajstić information content (AvgIpc) is 3.22. The molecule has 1 aliphatic rings. The van der Waals surface area contributed by atoms with E-state index in [0.29, 0.717) is 24.5 Å². The van der Waals surface area contributed by atoms with Crippen molar-refractivity contribution in [1.29, 1.82) is 0 Å². The van der Waals surface area contributed by atoms with Crippen LogP contribution in [0.2, 0.25) is 0 Å². The highest BCUT2D eigenvalue weighted by atomic mass is 16.2. The van der Waals surface area contributed by atoms with Crippen molar-refractivity contribution in [2.45, 2.75) is 65.5 Å². The largest absolute Gasteiger partial charge is 0.324 e. The maximum Gasteiger partial charge on any atom is 0.238 e. The number of hydrogen-bond acceptors (Lipinski definition) is 2. The highest BCUT2D eigenvalue weighted by Gasteiger charge is 2.32. The van der Waals surface area contributed by atoms with E-state index < -0.39 is 0 Å². The van der Waals surface area contributed by atoms with Gasteiger partial charge in [0.15, 0.2) is 0 Å². The molecule has 0 aromatic heterocycles. The van der Waals surface area contributed by atoms with Crippen molar-refractivity contribution in [2.75, 3.05) is 11.9 Å². The Labute approximate surface area is 128 Å². The zero-order valence-corrected chi connectivity index (χ0v) is 13.9. The number of para-hydroxylation sites is 1. The number of nitrogens with zero attached hydrogens (tertiary/aromatic N) is 1. The van der Waals surface area contributed by atoms with Crippen molar-refractivity contribution in [3.8, 4) is 0 Å². The molecule has 3 nitrogen and oxygen atoms in total. The molecule has 1 fully saturated rings. The number of carbonyl (C=O) groups excluding carboxylic acids is 1. The second-order valence-electron chi connectivity index (χ2n) is 6.74. The van der Waals surface area contributed by atoms with Gasteiger partial charge in [-0.25, -0.2) is 0 Å². The molecule has 0 heterocycles. The highest BCUT2D eigenvalue weighted by Crippen LogP contribution is 2.29. The normalized spacial score (nSPS) is 15.0. The van der Waals surface area contributed by atoms with Crippen LogP contribution in [0, 0.1) is 6.92 Å². The summed E-state index contributed by atoms with van der Waals surface area (Å²) in [7, 11) is 0. The third-order valence-corrected chi connectivity index (χ3v) is 4.20. The Balaban J connectivity index is 2.09. The van der Waals surface area contributed by atoms with Gasteiger partial charge in [0.1, 0.15) is 0 Å². The molecule has 1 N–H and O–H groups in total. The van der Waals surface area contributed by atoms with Gasteiger partial charge in [-0.05, 0) is 50.7 Å². The summed E-state index contributed by atoms with van der Waals surface area (Å²) in [5.74, 6) is 0.511. The SMILES string of the molecule is Cc1cccc(C(C)C)c1NC(=O)CN(C(C)C)C1CC1. The van der Waals surface area contributed by atoms with Gasteiger partial charge in [-0.15, -0.1) is 0 Å². The lowest BCUT2D eigenvalue weighted by atomic mass is 9.98. The highest BCUT2D eigenvalue weighted by molar-refractivity contribution is 5.94. The first-order chi connectivity index (χ1) is 9.90. The van der Waals surface area contributed by atoms with E-state index in [9.17, 15) is 4.79 Å². The summed E-state index contributed by atoms with van der Waals surface area (Å²) in [5.41, 5.74) is 3.35. The van der Waals surface area contributed by atoms with Crippen LogP contribution in [0.25, 0.3) is 0 Å². The van der Waals surface area contributed by atoms with E-state index in [-0.39, 0.29) is 5.91 Å². The number of benzene rings is 1. The topological polar surface area (TPSA) is 32.3 Å². The molecule has 116 valence electrons. The van der Waals surface area contributed by atoms with E-state index in [1.54, 1.807) is 0 Å². The van der Waals surface area contributed by atoms with Crippen LogP contribution in [-0.4, -0.2) is 29.4 Å². The number of carbonyl (C=O) groups is 1. The molecule has 0 spiro atoms. The van der Waals surface area contributed by atoms with Gasteiger partial charge in [0.25, 0.3) is 0 Å². The second kappa shape index (κ2) is 6.61. The second-order valence-corrected chi connectivity index (χ2v) is 6.74. The molecule has 3 heteroatoms. The van der Waals surface area contributed by atoms with Crippen molar-refractivity contribution in [2.24, 2.45) is 0 Å². The van der Waals surface area contributed by atoms with Crippen molar-refractivity contribution >= 4 is 11.6 Å². The Bertz CT molecular complexity index is 502. The molecule has 0 radical (unpaired) electrons. The van der Waals surface area contributed by atoms with E-state index in [4.69, 9.17) is 0 Å². The quantitative estimate of drug-likeness (QED) is 0.860. The minimum Gasteiger partial charge on any atom is -0.324 e. The zero-order chi connectivity index (χ0) is 15.6. The van der Waals surface area contributed by atoms with Gasteiger partial charge in [-0.2, -0.15) is 0 Å². The van der Waals surface area contributed by atoms with Crippen LogP contribution >= 0.6 is 0 Å². The molecule has 1 aliphatic carbocycles. The average molecular weight is 288 g/mol. The van der Waals surface area contributed by atoms with E-state index >= 15 is 0 Å². The summed E-state index contributed by atoms with van der Waals surface area (Å²) in [6.07, 6.45) is 2.46. The molecule has 1 aromatic carbocycles. The van der Waals surface area contributed by atoms with Crippen molar-refractivity contribution < 1.29 is 4.79 Å². The third-order valence-electron chi connectivity index (χ3n) is 4.20. The summed E-state index contributed by atoms with van der Waals surface area (Å²) in [6.45, 7) is 11.2.